The Morgan fingerprint density at radius 1 is 1.83 bits per heavy atom. The van der Waals surface area contributed by atoms with Gasteiger partial charge in [-0.05, 0) is 13.8 Å². The lowest BCUT2D eigenvalue weighted by molar-refractivity contribution is -0.115. The number of hydrogen-bond donors (Lipinski definition) is 1. The molecule has 66 valence electrons. The summed E-state index contributed by atoms with van der Waals surface area (Å²) in [6, 6.07) is 0.240. The molecular weight excluding hydrogens is 224 g/mol. The predicted molar refractivity (Wildman–Crippen MR) is 48.3 cm³/mol. The lowest BCUT2D eigenvalue weighted by Crippen LogP contribution is -2.19. The number of aryl methyl sites for hydroxylation is 1. The maximum Gasteiger partial charge on any atom is 0.301 e. The minimum absolute atomic E-state index is 0.170. The fourth-order valence-corrected chi connectivity index (χ4v) is 0.731. The van der Waals surface area contributed by atoms with E-state index in [1.54, 1.807) is 13.8 Å². The Hall–Kier alpha value is -0.840. The summed E-state index contributed by atoms with van der Waals surface area (Å²) in [5, 5.41) is 2.50. The fraction of sp³-hybridized carbons (Fsp3) is 0.429. The van der Waals surface area contributed by atoms with Crippen LogP contribution in [0.15, 0.2) is 10.7 Å². The first-order valence-corrected chi connectivity index (χ1v) is 4.38. The highest BCUT2D eigenvalue weighted by Gasteiger charge is 2.11. The minimum atomic E-state index is -0.246. The van der Waals surface area contributed by atoms with Crippen molar-refractivity contribution in [3.05, 3.63) is 12.0 Å². The number of amides is 1. The zero-order chi connectivity index (χ0) is 9.14. The molecule has 1 unspecified atom stereocenters. The normalized spacial score (nSPS) is 12.6. The summed E-state index contributed by atoms with van der Waals surface area (Å²) in [5.41, 5.74) is 0.743. The second-order valence-corrected chi connectivity index (χ2v) is 3.77. The molecule has 0 aliphatic heterocycles. The first-order valence-electron chi connectivity index (χ1n) is 3.46. The van der Waals surface area contributed by atoms with Crippen LogP contribution in [0.2, 0.25) is 0 Å². The zero-order valence-electron chi connectivity index (χ0n) is 6.80. The second-order valence-electron chi connectivity index (χ2n) is 2.40. The molecule has 0 aliphatic carbocycles. The highest BCUT2D eigenvalue weighted by molar-refractivity contribution is 9.10. The van der Waals surface area contributed by atoms with Crippen molar-refractivity contribution in [2.45, 2.75) is 18.7 Å². The molecule has 5 heteroatoms. The van der Waals surface area contributed by atoms with Gasteiger partial charge < -0.3 is 4.42 Å². The van der Waals surface area contributed by atoms with E-state index in [1.807, 2.05) is 0 Å². The molecule has 1 aromatic rings. The molecule has 0 aromatic carbocycles. The number of hydrogen-bond acceptors (Lipinski definition) is 3. The van der Waals surface area contributed by atoms with Crippen LogP contribution in [0.3, 0.4) is 0 Å². The Morgan fingerprint density at radius 2 is 2.50 bits per heavy atom. The van der Waals surface area contributed by atoms with Crippen molar-refractivity contribution in [1.82, 2.24) is 4.98 Å². The Kier molecular flexibility index (Phi) is 2.86. The number of anilines is 1. The molecule has 0 saturated heterocycles. The molecule has 0 aliphatic rings. The maximum atomic E-state index is 11.1. The van der Waals surface area contributed by atoms with Gasteiger partial charge in [0.25, 0.3) is 0 Å². The van der Waals surface area contributed by atoms with Crippen molar-refractivity contribution < 1.29 is 9.21 Å². The molecule has 1 rings (SSSR count). The molecule has 0 radical (unpaired) electrons. The van der Waals surface area contributed by atoms with Gasteiger partial charge in [0.1, 0.15) is 6.26 Å². The number of oxazole rings is 1. The van der Waals surface area contributed by atoms with Crippen LogP contribution in [-0.4, -0.2) is 15.7 Å². The largest absolute Gasteiger partial charge is 0.432 e. The van der Waals surface area contributed by atoms with Crippen LogP contribution in [0.4, 0.5) is 6.01 Å². The summed E-state index contributed by atoms with van der Waals surface area (Å²) in [7, 11) is 0. The Morgan fingerprint density at radius 3 is 2.92 bits per heavy atom. The topological polar surface area (TPSA) is 55.1 Å². The predicted octanol–water partition coefficient (Wildman–Crippen LogP) is 1.70. The molecule has 1 N–H and O–H groups in total. The van der Waals surface area contributed by atoms with Crippen LogP contribution in [0.1, 0.15) is 12.6 Å². The van der Waals surface area contributed by atoms with Crippen LogP contribution >= 0.6 is 15.9 Å². The summed E-state index contributed by atoms with van der Waals surface area (Å²) in [5.74, 6) is -0.170. The third-order valence-electron chi connectivity index (χ3n) is 1.21. The number of nitrogens with one attached hydrogen (secondary N) is 1. The lowest BCUT2D eigenvalue weighted by Gasteiger charge is -2.00. The van der Waals surface area contributed by atoms with E-state index in [4.69, 9.17) is 4.42 Å². The summed E-state index contributed by atoms with van der Waals surface area (Å²) in [4.78, 5) is 14.7. The van der Waals surface area contributed by atoms with Crippen molar-refractivity contribution in [2.24, 2.45) is 0 Å². The van der Waals surface area contributed by atoms with Gasteiger partial charge >= 0.3 is 6.01 Å². The monoisotopic (exact) mass is 232 g/mol. The lowest BCUT2D eigenvalue weighted by atomic mass is 10.5. The first-order chi connectivity index (χ1) is 5.59. The molecular formula is C7H9BrN2O2. The number of nitrogens with zero attached hydrogens (tertiary/aromatic N) is 1. The van der Waals surface area contributed by atoms with Crippen molar-refractivity contribution >= 4 is 27.9 Å². The fourth-order valence-electron chi connectivity index (χ4n) is 0.616. The van der Waals surface area contributed by atoms with Gasteiger partial charge in [0, 0.05) is 0 Å². The van der Waals surface area contributed by atoms with Crippen LogP contribution < -0.4 is 5.32 Å². The van der Waals surface area contributed by atoms with Crippen molar-refractivity contribution in [2.75, 3.05) is 5.32 Å². The van der Waals surface area contributed by atoms with E-state index >= 15 is 0 Å². The van der Waals surface area contributed by atoms with E-state index < -0.39 is 0 Å². The third kappa shape index (κ3) is 2.34. The summed E-state index contributed by atoms with van der Waals surface area (Å²) in [6.45, 7) is 3.52. The van der Waals surface area contributed by atoms with Crippen LogP contribution in [0.25, 0.3) is 0 Å². The molecule has 0 spiro atoms. The van der Waals surface area contributed by atoms with E-state index in [-0.39, 0.29) is 16.7 Å². The molecule has 0 bridgehead atoms. The van der Waals surface area contributed by atoms with E-state index in [0.717, 1.165) is 5.69 Å². The van der Waals surface area contributed by atoms with Crippen LogP contribution in [-0.2, 0) is 4.79 Å². The Balaban J connectivity index is 2.58. The maximum absolute atomic E-state index is 11.1. The molecule has 12 heavy (non-hydrogen) atoms. The van der Waals surface area contributed by atoms with Gasteiger partial charge in [-0.1, -0.05) is 15.9 Å². The second kappa shape index (κ2) is 3.71. The SMILES string of the molecule is Cc1coc(NC(=O)C(C)Br)n1. The Labute approximate surface area is 78.5 Å². The summed E-state index contributed by atoms with van der Waals surface area (Å²) >= 11 is 3.12. The Bertz CT molecular complexity index is 283. The van der Waals surface area contributed by atoms with E-state index in [2.05, 4.69) is 26.2 Å². The average molecular weight is 233 g/mol. The zero-order valence-corrected chi connectivity index (χ0v) is 8.38. The molecule has 1 heterocycles. The highest BCUT2D eigenvalue weighted by Crippen LogP contribution is 2.08. The molecule has 1 amide bonds. The first kappa shape index (κ1) is 9.25. The molecule has 1 atom stereocenters. The van der Waals surface area contributed by atoms with E-state index in [0.29, 0.717) is 0 Å². The minimum Gasteiger partial charge on any atom is -0.432 e. The van der Waals surface area contributed by atoms with Crippen LogP contribution in [0, 0.1) is 6.92 Å². The van der Waals surface area contributed by atoms with Gasteiger partial charge in [-0.3, -0.25) is 10.1 Å². The number of carbonyl (C=O) groups excluding carboxylic acids is 1. The quantitative estimate of drug-likeness (QED) is 0.791. The standard InChI is InChI=1S/C7H9BrN2O2/c1-4-3-12-7(9-4)10-6(11)5(2)8/h3,5H,1-2H3,(H,9,10,11). The molecule has 0 saturated carbocycles. The van der Waals surface area contributed by atoms with E-state index in [1.165, 1.54) is 6.26 Å². The van der Waals surface area contributed by atoms with Gasteiger partial charge in [-0.15, -0.1) is 0 Å². The van der Waals surface area contributed by atoms with Gasteiger partial charge in [-0.2, -0.15) is 4.98 Å². The smallest absolute Gasteiger partial charge is 0.301 e. The van der Waals surface area contributed by atoms with E-state index in [9.17, 15) is 4.79 Å². The molecule has 4 nitrogen and oxygen atoms in total. The van der Waals surface area contributed by atoms with Crippen molar-refractivity contribution in [3.63, 3.8) is 0 Å². The molecule has 0 fully saturated rings. The third-order valence-corrected chi connectivity index (χ3v) is 1.63. The summed E-state index contributed by atoms with van der Waals surface area (Å²) in [6.07, 6.45) is 1.48. The molecule has 1 aromatic heterocycles. The number of carbonyl (C=O) groups is 1. The van der Waals surface area contributed by atoms with Crippen molar-refractivity contribution in [3.8, 4) is 0 Å². The van der Waals surface area contributed by atoms with Gasteiger partial charge in [-0.25, -0.2) is 0 Å². The number of aromatic nitrogens is 1. The number of halogens is 1. The number of alkyl halides is 1. The van der Waals surface area contributed by atoms with Crippen molar-refractivity contribution in [1.29, 1.82) is 0 Å². The van der Waals surface area contributed by atoms with Gasteiger partial charge in [0.05, 0.1) is 10.5 Å². The summed E-state index contributed by atoms with van der Waals surface area (Å²) < 4.78 is 4.92. The van der Waals surface area contributed by atoms with Gasteiger partial charge in [0.15, 0.2) is 0 Å². The van der Waals surface area contributed by atoms with Crippen LogP contribution in [0.5, 0.6) is 0 Å². The highest BCUT2D eigenvalue weighted by atomic mass is 79.9. The average Bonchev–Trinajstić information content (AvgIpc) is 2.35. The number of rotatable bonds is 2. The van der Waals surface area contributed by atoms with Gasteiger partial charge in [0.2, 0.25) is 5.91 Å².